The summed E-state index contributed by atoms with van der Waals surface area (Å²) in [5.74, 6) is -3.14. The molecule has 0 aromatic heterocycles. The number of benzene rings is 2. The summed E-state index contributed by atoms with van der Waals surface area (Å²) in [5.41, 5.74) is 0.289. The van der Waals surface area contributed by atoms with E-state index in [2.05, 4.69) is 5.32 Å². The summed E-state index contributed by atoms with van der Waals surface area (Å²) in [7, 11) is 0. The van der Waals surface area contributed by atoms with Crippen LogP contribution in [0.4, 0.5) is 18.9 Å². The number of ether oxygens (including phenoxy) is 1. The molecule has 3 nitrogen and oxygen atoms in total. The van der Waals surface area contributed by atoms with Crippen molar-refractivity contribution in [2.45, 2.75) is 23.7 Å². The molecule has 0 spiro atoms. The average molecular weight is 341 g/mol. The number of alkyl halides is 2. The molecule has 2 aromatic carbocycles. The van der Waals surface area contributed by atoms with E-state index in [0.717, 1.165) is 0 Å². The third-order valence-electron chi connectivity index (χ3n) is 2.86. The van der Waals surface area contributed by atoms with E-state index in [4.69, 9.17) is 4.74 Å². The zero-order chi connectivity index (χ0) is 16.8. The molecule has 2 rings (SSSR count). The molecule has 0 saturated carbocycles. The SMILES string of the molecule is CC(Oc1ccc(F)cc1)C(=O)Nc1ccccc1SC(F)F. The molecule has 1 amide bonds. The van der Waals surface area contributed by atoms with E-state index in [-0.39, 0.29) is 10.6 Å². The van der Waals surface area contributed by atoms with Crippen LogP contribution in [0.3, 0.4) is 0 Å². The Kier molecular flexibility index (Phi) is 5.92. The Hall–Kier alpha value is -2.15. The lowest BCUT2D eigenvalue weighted by Crippen LogP contribution is -2.30. The number of hydrogen-bond acceptors (Lipinski definition) is 3. The highest BCUT2D eigenvalue weighted by Gasteiger charge is 2.17. The second kappa shape index (κ2) is 7.92. The predicted octanol–water partition coefficient (Wildman–Crippen LogP) is 4.55. The van der Waals surface area contributed by atoms with Gasteiger partial charge in [-0.15, -0.1) is 0 Å². The topological polar surface area (TPSA) is 38.3 Å². The van der Waals surface area contributed by atoms with Gasteiger partial charge in [-0.25, -0.2) is 4.39 Å². The van der Waals surface area contributed by atoms with Crippen LogP contribution in [-0.2, 0) is 4.79 Å². The highest BCUT2D eigenvalue weighted by atomic mass is 32.2. The number of rotatable bonds is 6. The number of anilines is 1. The van der Waals surface area contributed by atoms with Crippen LogP contribution >= 0.6 is 11.8 Å². The van der Waals surface area contributed by atoms with Gasteiger partial charge in [0, 0.05) is 4.90 Å². The van der Waals surface area contributed by atoms with E-state index >= 15 is 0 Å². The maximum atomic E-state index is 12.8. The van der Waals surface area contributed by atoms with Crippen LogP contribution < -0.4 is 10.1 Å². The number of hydrogen-bond donors (Lipinski definition) is 1. The third kappa shape index (κ3) is 5.21. The first-order valence-corrected chi connectivity index (χ1v) is 7.60. The van der Waals surface area contributed by atoms with Crippen LogP contribution in [0.1, 0.15) is 6.92 Å². The molecule has 7 heteroatoms. The van der Waals surface area contributed by atoms with Gasteiger partial charge in [-0.1, -0.05) is 23.9 Å². The highest BCUT2D eigenvalue weighted by Crippen LogP contribution is 2.31. The zero-order valence-electron chi connectivity index (χ0n) is 12.1. The quantitative estimate of drug-likeness (QED) is 0.784. The second-order valence-corrected chi connectivity index (χ2v) is 5.61. The predicted molar refractivity (Wildman–Crippen MR) is 83.4 cm³/mol. The minimum absolute atomic E-state index is 0.268. The van der Waals surface area contributed by atoms with E-state index in [9.17, 15) is 18.0 Å². The molecule has 0 saturated heterocycles. The third-order valence-corrected chi connectivity index (χ3v) is 3.64. The van der Waals surface area contributed by atoms with Crippen LogP contribution in [0.25, 0.3) is 0 Å². The van der Waals surface area contributed by atoms with Crippen molar-refractivity contribution in [3.8, 4) is 5.75 Å². The first kappa shape index (κ1) is 17.2. The van der Waals surface area contributed by atoms with E-state index in [1.54, 1.807) is 12.1 Å². The molecule has 0 bridgehead atoms. The van der Waals surface area contributed by atoms with Crippen molar-refractivity contribution in [2.75, 3.05) is 5.32 Å². The van der Waals surface area contributed by atoms with Crippen LogP contribution in [0.15, 0.2) is 53.4 Å². The first-order valence-electron chi connectivity index (χ1n) is 6.72. The molecule has 0 aliphatic carbocycles. The van der Waals surface area contributed by atoms with E-state index < -0.39 is 23.6 Å². The van der Waals surface area contributed by atoms with Crippen LogP contribution in [0, 0.1) is 5.82 Å². The Morgan fingerprint density at radius 3 is 2.43 bits per heavy atom. The van der Waals surface area contributed by atoms with Crippen molar-refractivity contribution >= 4 is 23.4 Å². The average Bonchev–Trinajstić information content (AvgIpc) is 2.51. The lowest BCUT2D eigenvalue weighted by Gasteiger charge is -2.16. The molecule has 0 heterocycles. The Labute approximate surface area is 135 Å². The number of para-hydroxylation sites is 1. The van der Waals surface area contributed by atoms with Gasteiger partial charge in [0.1, 0.15) is 11.6 Å². The summed E-state index contributed by atoms with van der Waals surface area (Å²) in [6, 6.07) is 11.5. The molecular formula is C16H14F3NO2S. The van der Waals surface area contributed by atoms with Crippen LogP contribution in [-0.4, -0.2) is 17.8 Å². The van der Waals surface area contributed by atoms with E-state index in [0.29, 0.717) is 17.5 Å². The van der Waals surface area contributed by atoms with Crippen molar-refractivity contribution in [3.63, 3.8) is 0 Å². The summed E-state index contributed by atoms with van der Waals surface area (Å²) in [4.78, 5) is 12.4. The molecule has 1 N–H and O–H groups in total. The van der Waals surface area contributed by atoms with Gasteiger partial charge in [-0.05, 0) is 43.3 Å². The number of thioether (sulfide) groups is 1. The minimum Gasteiger partial charge on any atom is -0.481 e. The van der Waals surface area contributed by atoms with Gasteiger partial charge < -0.3 is 10.1 Å². The molecule has 0 aliphatic rings. The van der Waals surface area contributed by atoms with E-state index in [1.165, 1.54) is 43.3 Å². The molecule has 122 valence electrons. The van der Waals surface area contributed by atoms with Crippen LogP contribution in [0.5, 0.6) is 5.75 Å². The summed E-state index contributed by atoms with van der Waals surface area (Å²) >= 11 is 0.354. The van der Waals surface area contributed by atoms with Crippen molar-refractivity contribution in [1.29, 1.82) is 0 Å². The van der Waals surface area contributed by atoms with Crippen molar-refractivity contribution in [1.82, 2.24) is 0 Å². The fourth-order valence-electron chi connectivity index (χ4n) is 1.77. The monoisotopic (exact) mass is 341 g/mol. The van der Waals surface area contributed by atoms with Crippen molar-refractivity contribution in [2.24, 2.45) is 0 Å². The van der Waals surface area contributed by atoms with Gasteiger partial charge in [-0.2, -0.15) is 8.78 Å². The minimum atomic E-state index is -2.58. The summed E-state index contributed by atoms with van der Waals surface area (Å²) < 4.78 is 43.2. The van der Waals surface area contributed by atoms with Crippen molar-refractivity contribution < 1.29 is 22.7 Å². The number of amides is 1. The molecule has 2 aromatic rings. The Morgan fingerprint density at radius 1 is 1.13 bits per heavy atom. The fraction of sp³-hybridized carbons (Fsp3) is 0.188. The number of carbonyl (C=O) groups excluding carboxylic acids is 1. The molecule has 0 aliphatic heterocycles. The highest BCUT2D eigenvalue weighted by molar-refractivity contribution is 7.99. The van der Waals surface area contributed by atoms with Gasteiger partial charge in [-0.3, -0.25) is 4.79 Å². The van der Waals surface area contributed by atoms with Gasteiger partial charge in [0.2, 0.25) is 0 Å². The summed E-state index contributed by atoms with van der Waals surface area (Å²) in [6.45, 7) is 1.52. The number of nitrogens with one attached hydrogen (secondary N) is 1. The summed E-state index contributed by atoms with van der Waals surface area (Å²) in [5, 5.41) is 2.56. The largest absolute Gasteiger partial charge is 0.481 e. The molecule has 1 atom stereocenters. The Bertz CT molecular complexity index is 665. The van der Waals surface area contributed by atoms with Gasteiger partial charge in [0.15, 0.2) is 6.10 Å². The van der Waals surface area contributed by atoms with E-state index in [1.807, 2.05) is 0 Å². The molecule has 0 fully saturated rings. The molecule has 0 radical (unpaired) electrons. The standard InChI is InChI=1S/C16H14F3NO2S/c1-10(22-12-8-6-11(17)7-9-12)15(21)20-13-4-2-3-5-14(13)23-16(18)19/h2-10,16H,1H3,(H,20,21). The zero-order valence-corrected chi connectivity index (χ0v) is 12.9. The lowest BCUT2D eigenvalue weighted by molar-refractivity contribution is -0.122. The first-order chi connectivity index (χ1) is 11.0. The molecule has 23 heavy (non-hydrogen) atoms. The van der Waals surface area contributed by atoms with Crippen molar-refractivity contribution in [3.05, 3.63) is 54.3 Å². The normalized spacial score (nSPS) is 12.0. The maximum Gasteiger partial charge on any atom is 0.288 e. The van der Waals surface area contributed by atoms with Crippen LogP contribution in [0.2, 0.25) is 0 Å². The summed E-state index contributed by atoms with van der Waals surface area (Å²) in [6.07, 6.45) is -0.870. The maximum absolute atomic E-state index is 12.8. The lowest BCUT2D eigenvalue weighted by atomic mass is 10.3. The molecule has 1 unspecified atom stereocenters. The Balaban J connectivity index is 2.02. The number of halogens is 3. The van der Waals surface area contributed by atoms with Gasteiger partial charge in [0.25, 0.3) is 11.7 Å². The Morgan fingerprint density at radius 2 is 1.78 bits per heavy atom. The second-order valence-electron chi connectivity index (χ2n) is 4.58. The smallest absolute Gasteiger partial charge is 0.288 e. The molecular weight excluding hydrogens is 327 g/mol. The van der Waals surface area contributed by atoms with Gasteiger partial charge >= 0.3 is 0 Å². The number of carbonyl (C=O) groups is 1. The fourth-order valence-corrected chi connectivity index (χ4v) is 2.37. The van der Waals surface area contributed by atoms with Gasteiger partial charge in [0.05, 0.1) is 5.69 Å².